The topological polar surface area (TPSA) is 94.4 Å². The van der Waals surface area contributed by atoms with Gasteiger partial charge in [0.15, 0.2) is 5.13 Å². The number of aromatic nitrogens is 1. The normalized spacial score (nSPS) is 10.5. The van der Waals surface area contributed by atoms with Crippen LogP contribution in [0.15, 0.2) is 53.9 Å². The highest BCUT2D eigenvalue weighted by Crippen LogP contribution is 2.27. The number of hydrogen-bond acceptors (Lipinski definition) is 6. The molecule has 0 radical (unpaired) electrons. The molecule has 7 nitrogen and oxygen atoms in total. The average Bonchev–Trinajstić information content (AvgIpc) is 3.17. The number of non-ortho nitro benzene ring substituents is 1. The largest absolute Gasteiger partial charge is 0.494 e. The molecule has 3 aromatic rings. The third-order valence-corrected chi connectivity index (χ3v) is 4.74. The van der Waals surface area contributed by atoms with Crippen molar-refractivity contribution in [3.63, 3.8) is 0 Å². The fourth-order valence-corrected chi connectivity index (χ4v) is 3.14. The summed E-state index contributed by atoms with van der Waals surface area (Å²) in [5, 5.41) is 15.7. The molecule has 1 N–H and O–H groups in total. The minimum Gasteiger partial charge on any atom is -0.494 e. The Kier molecular flexibility index (Phi) is 6.33. The lowest BCUT2D eigenvalue weighted by Crippen LogP contribution is -2.11. The monoisotopic (exact) mass is 397 g/mol. The van der Waals surface area contributed by atoms with E-state index in [9.17, 15) is 14.9 Å². The Bertz CT molecular complexity index is 952. The minimum absolute atomic E-state index is 0.0600. The second-order valence-corrected chi connectivity index (χ2v) is 6.88. The lowest BCUT2D eigenvalue weighted by atomic mass is 10.2. The van der Waals surface area contributed by atoms with Gasteiger partial charge in [-0.2, -0.15) is 0 Å². The number of thiazole rings is 1. The summed E-state index contributed by atoms with van der Waals surface area (Å²) in [6.45, 7) is 2.82. The standard InChI is InChI=1S/C20H19N3O4S/c1-2-3-12-27-17-10-6-14(7-11-17)18-13-28-20(21-18)22-19(24)15-4-8-16(9-5-15)23(25)26/h4-11,13H,2-3,12H2,1H3,(H,21,22,24). The van der Waals surface area contributed by atoms with Crippen LogP contribution < -0.4 is 10.1 Å². The van der Waals surface area contributed by atoms with E-state index in [0.717, 1.165) is 29.8 Å². The molecule has 0 atom stereocenters. The molecule has 1 heterocycles. The molecule has 0 saturated carbocycles. The lowest BCUT2D eigenvalue weighted by Gasteiger charge is -2.05. The highest BCUT2D eigenvalue weighted by atomic mass is 32.1. The second-order valence-electron chi connectivity index (χ2n) is 6.02. The first-order valence-corrected chi connectivity index (χ1v) is 9.69. The molecule has 0 unspecified atom stereocenters. The molecule has 2 aromatic carbocycles. The van der Waals surface area contributed by atoms with Gasteiger partial charge in [-0.3, -0.25) is 20.2 Å². The van der Waals surface area contributed by atoms with Crippen LogP contribution in [0.3, 0.4) is 0 Å². The number of nitro benzene ring substituents is 1. The third-order valence-electron chi connectivity index (χ3n) is 3.98. The van der Waals surface area contributed by atoms with E-state index in [4.69, 9.17) is 4.74 Å². The molecule has 144 valence electrons. The van der Waals surface area contributed by atoms with Crippen LogP contribution in [-0.4, -0.2) is 22.4 Å². The number of anilines is 1. The number of hydrogen-bond donors (Lipinski definition) is 1. The Morgan fingerprint density at radius 2 is 1.89 bits per heavy atom. The number of nitrogens with zero attached hydrogens (tertiary/aromatic N) is 2. The summed E-state index contributed by atoms with van der Waals surface area (Å²) >= 11 is 1.31. The number of benzene rings is 2. The van der Waals surface area contributed by atoms with Crippen molar-refractivity contribution in [3.05, 3.63) is 69.6 Å². The zero-order chi connectivity index (χ0) is 19.9. The molecule has 0 fully saturated rings. The van der Waals surface area contributed by atoms with E-state index in [1.165, 1.54) is 35.6 Å². The van der Waals surface area contributed by atoms with Gasteiger partial charge >= 0.3 is 0 Å². The van der Waals surface area contributed by atoms with Crippen molar-refractivity contribution in [1.82, 2.24) is 4.98 Å². The molecule has 0 saturated heterocycles. The first-order chi connectivity index (χ1) is 13.6. The SMILES string of the molecule is CCCCOc1ccc(-c2csc(NC(=O)c3ccc([N+](=O)[O-])cc3)n2)cc1. The Hall–Kier alpha value is -3.26. The number of carbonyl (C=O) groups excluding carboxylic acids is 1. The van der Waals surface area contributed by atoms with Gasteiger partial charge in [-0.15, -0.1) is 11.3 Å². The van der Waals surface area contributed by atoms with Gasteiger partial charge in [0.25, 0.3) is 11.6 Å². The van der Waals surface area contributed by atoms with Crippen LogP contribution in [0.25, 0.3) is 11.3 Å². The first kappa shape index (κ1) is 19.5. The fraction of sp³-hybridized carbons (Fsp3) is 0.200. The number of nitro groups is 1. The maximum Gasteiger partial charge on any atom is 0.269 e. The van der Waals surface area contributed by atoms with Crippen LogP contribution in [0.2, 0.25) is 0 Å². The Morgan fingerprint density at radius 3 is 2.54 bits per heavy atom. The molecule has 1 aromatic heterocycles. The van der Waals surface area contributed by atoms with Crippen molar-refractivity contribution in [3.8, 4) is 17.0 Å². The van der Waals surface area contributed by atoms with Crippen LogP contribution in [0.4, 0.5) is 10.8 Å². The molecular weight excluding hydrogens is 378 g/mol. The van der Waals surface area contributed by atoms with Crippen molar-refractivity contribution in [1.29, 1.82) is 0 Å². The molecule has 0 aliphatic carbocycles. The summed E-state index contributed by atoms with van der Waals surface area (Å²) in [6.07, 6.45) is 2.11. The van der Waals surface area contributed by atoms with E-state index in [-0.39, 0.29) is 11.6 Å². The van der Waals surface area contributed by atoms with Crippen molar-refractivity contribution >= 4 is 28.1 Å². The molecule has 3 rings (SSSR count). The average molecular weight is 397 g/mol. The number of rotatable bonds is 8. The molecule has 8 heteroatoms. The smallest absolute Gasteiger partial charge is 0.269 e. The quantitative estimate of drug-likeness (QED) is 0.322. The molecule has 0 aliphatic rings. The molecule has 0 aliphatic heterocycles. The van der Waals surface area contributed by atoms with E-state index in [0.29, 0.717) is 17.3 Å². The number of ether oxygens (including phenoxy) is 1. The van der Waals surface area contributed by atoms with Gasteiger partial charge < -0.3 is 4.74 Å². The molecule has 0 bridgehead atoms. The zero-order valence-electron chi connectivity index (χ0n) is 15.3. The zero-order valence-corrected chi connectivity index (χ0v) is 16.1. The predicted octanol–water partition coefficient (Wildman–Crippen LogP) is 5.15. The van der Waals surface area contributed by atoms with E-state index in [1.54, 1.807) is 0 Å². The van der Waals surface area contributed by atoms with Gasteiger partial charge in [0.1, 0.15) is 5.75 Å². The molecule has 28 heavy (non-hydrogen) atoms. The summed E-state index contributed by atoms with van der Waals surface area (Å²) in [7, 11) is 0. The van der Waals surface area contributed by atoms with Crippen LogP contribution in [0, 0.1) is 10.1 Å². The van der Waals surface area contributed by atoms with Crippen molar-refractivity contribution in [2.24, 2.45) is 0 Å². The third kappa shape index (κ3) is 4.92. The van der Waals surface area contributed by atoms with Gasteiger partial charge in [-0.05, 0) is 42.8 Å². The number of carbonyl (C=O) groups is 1. The Labute approximate surface area is 166 Å². The van der Waals surface area contributed by atoms with E-state index in [2.05, 4.69) is 17.2 Å². The summed E-state index contributed by atoms with van der Waals surface area (Å²) < 4.78 is 5.65. The van der Waals surface area contributed by atoms with Crippen molar-refractivity contribution < 1.29 is 14.5 Å². The van der Waals surface area contributed by atoms with Crippen molar-refractivity contribution in [2.75, 3.05) is 11.9 Å². The van der Waals surface area contributed by atoms with Crippen LogP contribution >= 0.6 is 11.3 Å². The maximum absolute atomic E-state index is 12.3. The van der Waals surface area contributed by atoms with Crippen molar-refractivity contribution in [2.45, 2.75) is 19.8 Å². The van der Waals surface area contributed by atoms with E-state index < -0.39 is 4.92 Å². The van der Waals surface area contributed by atoms with Gasteiger partial charge in [-0.25, -0.2) is 4.98 Å². The Morgan fingerprint density at radius 1 is 1.18 bits per heavy atom. The van der Waals surface area contributed by atoms with E-state index >= 15 is 0 Å². The highest BCUT2D eigenvalue weighted by molar-refractivity contribution is 7.14. The Balaban J connectivity index is 1.63. The lowest BCUT2D eigenvalue weighted by molar-refractivity contribution is -0.384. The second kappa shape index (κ2) is 9.09. The maximum atomic E-state index is 12.3. The molecule has 1 amide bonds. The highest BCUT2D eigenvalue weighted by Gasteiger charge is 2.12. The summed E-state index contributed by atoms with van der Waals surface area (Å²) in [5.41, 5.74) is 1.95. The summed E-state index contributed by atoms with van der Waals surface area (Å²) in [6, 6.07) is 13.1. The van der Waals surface area contributed by atoms with E-state index in [1.807, 2.05) is 29.6 Å². The van der Waals surface area contributed by atoms with Gasteiger partial charge in [0.05, 0.1) is 17.2 Å². The summed E-state index contributed by atoms with van der Waals surface area (Å²) in [4.78, 5) is 26.9. The number of nitrogens with one attached hydrogen (secondary N) is 1. The van der Waals surface area contributed by atoms with Crippen LogP contribution in [0.1, 0.15) is 30.1 Å². The van der Waals surface area contributed by atoms with Gasteiger partial charge in [-0.1, -0.05) is 13.3 Å². The minimum atomic E-state index is -0.505. The fourth-order valence-electron chi connectivity index (χ4n) is 2.42. The molecule has 0 spiro atoms. The number of amides is 1. The summed E-state index contributed by atoms with van der Waals surface area (Å²) in [5.74, 6) is 0.453. The molecular formula is C20H19N3O4S. The van der Waals surface area contributed by atoms with Gasteiger partial charge in [0, 0.05) is 28.6 Å². The van der Waals surface area contributed by atoms with Gasteiger partial charge in [0.2, 0.25) is 0 Å². The first-order valence-electron chi connectivity index (χ1n) is 8.81. The number of unbranched alkanes of at least 4 members (excludes halogenated alkanes) is 1. The predicted molar refractivity (Wildman–Crippen MR) is 109 cm³/mol. The van der Waals surface area contributed by atoms with Crippen LogP contribution in [0.5, 0.6) is 5.75 Å². The van der Waals surface area contributed by atoms with Crippen LogP contribution in [-0.2, 0) is 0 Å².